The summed E-state index contributed by atoms with van der Waals surface area (Å²) >= 11 is 0. The molecule has 0 heterocycles. The molecule has 0 N–H and O–H groups in total. The highest BCUT2D eigenvalue weighted by atomic mass is 14.1. The van der Waals surface area contributed by atoms with E-state index >= 15 is 0 Å². The largest absolute Gasteiger partial charge is 0.0885 e. The summed E-state index contributed by atoms with van der Waals surface area (Å²) in [5.74, 6) is 0.935. The van der Waals surface area contributed by atoms with Gasteiger partial charge in [0.2, 0.25) is 0 Å². The molecule has 0 rings (SSSR count). The van der Waals surface area contributed by atoms with Crippen molar-refractivity contribution in [1.82, 2.24) is 0 Å². The minimum atomic E-state index is 0.935. The highest BCUT2D eigenvalue weighted by Gasteiger charge is 2.02. The first kappa shape index (κ1) is 29.7. The lowest BCUT2D eigenvalue weighted by Gasteiger charge is -2.10. The Balaban J connectivity index is 3.16. The van der Waals surface area contributed by atoms with E-state index < -0.39 is 0 Å². The minimum Gasteiger partial charge on any atom is -0.0885 e. The quantitative estimate of drug-likeness (QED) is 0.102. The Morgan fingerprint density at radius 2 is 0.733 bits per heavy atom. The van der Waals surface area contributed by atoms with Gasteiger partial charge in [-0.15, -0.1) is 0 Å². The molecule has 1 atom stereocenters. The summed E-state index contributed by atoms with van der Waals surface area (Å²) in [5, 5.41) is 0. The molecule has 0 spiro atoms. The molecule has 0 fully saturated rings. The van der Waals surface area contributed by atoms with Crippen molar-refractivity contribution < 1.29 is 0 Å². The summed E-state index contributed by atoms with van der Waals surface area (Å²) in [6.45, 7) is 10.3. The van der Waals surface area contributed by atoms with Crippen molar-refractivity contribution in [2.24, 2.45) is 5.92 Å². The van der Waals surface area contributed by atoms with Crippen LogP contribution in [0, 0.1) is 19.8 Å². The van der Waals surface area contributed by atoms with Crippen LogP contribution in [0.2, 0.25) is 0 Å². The van der Waals surface area contributed by atoms with Gasteiger partial charge in [-0.2, -0.15) is 0 Å². The van der Waals surface area contributed by atoms with E-state index in [1.54, 1.807) is 0 Å². The predicted octanol–water partition coefficient (Wildman–Crippen LogP) is 11.2. The van der Waals surface area contributed by atoms with Crippen LogP contribution in [-0.2, 0) is 0 Å². The maximum Gasteiger partial charge on any atom is -0.0351 e. The summed E-state index contributed by atoms with van der Waals surface area (Å²) < 4.78 is 0. The van der Waals surface area contributed by atoms with E-state index in [1.165, 1.54) is 141 Å². The average Bonchev–Trinajstić information content (AvgIpc) is 2.75. The molecule has 0 aromatic heterocycles. The Labute approximate surface area is 193 Å². The van der Waals surface area contributed by atoms with Gasteiger partial charge in [-0.1, -0.05) is 161 Å². The van der Waals surface area contributed by atoms with Crippen molar-refractivity contribution in [2.45, 2.75) is 161 Å². The lowest BCUT2D eigenvalue weighted by molar-refractivity contribution is 0.437. The van der Waals surface area contributed by atoms with Crippen molar-refractivity contribution in [3.63, 3.8) is 0 Å². The van der Waals surface area contributed by atoms with Crippen LogP contribution < -0.4 is 0 Å². The summed E-state index contributed by atoms with van der Waals surface area (Å²) in [5.41, 5.74) is 0. The van der Waals surface area contributed by atoms with Crippen molar-refractivity contribution in [2.75, 3.05) is 0 Å². The van der Waals surface area contributed by atoms with E-state index in [-0.39, 0.29) is 0 Å². The highest BCUT2D eigenvalue weighted by Crippen LogP contribution is 2.18. The summed E-state index contributed by atoms with van der Waals surface area (Å²) in [6.07, 6.45) is 38.1. The summed E-state index contributed by atoms with van der Waals surface area (Å²) in [7, 11) is 0. The van der Waals surface area contributed by atoms with Gasteiger partial charge in [0.25, 0.3) is 0 Å². The van der Waals surface area contributed by atoms with Crippen LogP contribution in [0.4, 0.5) is 0 Å². The van der Waals surface area contributed by atoms with Crippen LogP contribution in [0.15, 0.2) is 12.2 Å². The maximum absolute atomic E-state index is 3.92. The second kappa shape index (κ2) is 26.8. The predicted molar refractivity (Wildman–Crippen MR) is 140 cm³/mol. The normalized spacial score (nSPS) is 12.8. The van der Waals surface area contributed by atoms with Crippen LogP contribution in [0.1, 0.15) is 161 Å². The monoisotopic (exact) mass is 418 g/mol. The third-order valence-electron chi connectivity index (χ3n) is 6.55. The smallest absolute Gasteiger partial charge is 0.0351 e. The van der Waals surface area contributed by atoms with E-state index in [9.17, 15) is 0 Å². The Bertz CT molecular complexity index is 316. The van der Waals surface area contributed by atoms with Crippen LogP contribution >= 0.6 is 0 Å². The zero-order chi connectivity index (χ0) is 22.0. The molecule has 1 unspecified atom stereocenters. The van der Waals surface area contributed by atoms with E-state index in [2.05, 4.69) is 32.9 Å². The molecule has 0 heteroatoms. The first-order chi connectivity index (χ1) is 14.8. The fourth-order valence-corrected chi connectivity index (χ4v) is 4.36. The highest BCUT2D eigenvalue weighted by molar-refractivity contribution is 4.81. The standard InChI is InChI=1S/C30H58/c1-4-6-8-10-12-14-15-16-17-18-19-21-23-25-27-29-30(3)28-26-24-22-20-13-11-9-7-5-2/h13,20,30H,1-2,4-12,14-19,21-29H2,3H3. The first-order valence-corrected chi connectivity index (χ1v) is 14.0. The molecule has 0 saturated carbocycles. The van der Waals surface area contributed by atoms with Gasteiger partial charge < -0.3 is 0 Å². The molecular formula is C30H58. The van der Waals surface area contributed by atoms with E-state index in [0.717, 1.165) is 18.8 Å². The molecule has 0 aromatic carbocycles. The number of hydrogen-bond acceptors (Lipinski definition) is 0. The number of rotatable bonds is 25. The van der Waals surface area contributed by atoms with Crippen LogP contribution in [-0.4, -0.2) is 0 Å². The molecule has 2 radical (unpaired) electrons. The second-order valence-corrected chi connectivity index (χ2v) is 9.80. The van der Waals surface area contributed by atoms with Gasteiger partial charge in [0.05, 0.1) is 0 Å². The van der Waals surface area contributed by atoms with Gasteiger partial charge in [-0.05, 0) is 31.6 Å². The fourth-order valence-electron chi connectivity index (χ4n) is 4.36. The Morgan fingerprint density at radius 1 is 0.433 bits per heavy atom. The third kappa shape index (κ3) is 25.8. The lowest BCUT2D eigenvalue weighted by atomic mass is 9.96. The second-order valence-electron chi connectivity index (χ2n) is 9.80. The van der Waals surface area contributed by atoms with Crippen molar-refractivity contribution in [1.29, 1.82) is 0 Å². The van der Waals surface area contributed by atoms with Crippen LogP contribution in [0.3, 0.4) is 0 Å². The van der Waals surface area contributed by atoms with E-state index in [1.807, 2.05) is 0 Å². The molecule has 0 aliphatic rings. The van der Waals surface area contributed by atoms with Crippen molar-refractivity contribution in [3.05, 3.63) is 26.0 Å². The molecule has 0 nitrogen and oxygen atoms in total. The molecule has 30 heavy (non-hydrogen) atoms. The van der Waals surface area contributed by atoms with E-state index in [4.69, 9.17) is 0 Å². The van der Waals surface area contributed by atoms with Gasteiger partial charge in [-0.3, -0.25) is 0 Å². The molecule has 0 aliphatic carbocycles. The third-order valence-corrected chi connectivity index (χ3v) is 6.55. The Kier molecular flexibility index (Phi) is 26.5. The minimum absolute atomic E-state index is 0.935. The molecule has 0 aliphatic heterocycles. The topological polar surface area (TPSA) is 0 Å². The number of unbranched alkanes of at least 4 members (excludes halogenated alkanes) is 19. The van der Waals surface area contributed by atoms with Crippen LogP contribution in [0.5, 0.6) is 0 Å². The zero-order valence-corrected chi connectivity index (χ0v) is 21.1. The molecule has 0 aromatic rings. The lowest BCUT2D eigenvalue weighted by Crippen LogP contribution is -1.95. The maximum atomic E-state index is 3.92. The van der Waals surface area contributed by atoms with Gasteiger partial charge >= 0.3 is 0 Å². The fraction of sp³-hybridized carbons (Fsp3) is 0.867. The number of allylic oxidation sites excluding steroid dienone is 2. The Hall–Kier alpha value is -0.260. The van der Waals surface area contributed by atoms with Crippen molar-refractivity contribution in [3.8, 4) is 0 Å². The Morgan fingerprint density at radius 3 is 1.17 bits per heavy atom. The molecular weight excluding hydrogens is 360 g/mol. The molecule has 0 amide bonds. The van der Waals surface area contributed by atoms with E-state index in [0.29, 0.717) is 0 Å². The SMILES string of the molecule is [CH2]CCCCC=CCCCCC(C)CCCCCCCCCCCCCCCC[CH2]. The zero-order valence-electron chi connectivity index (χ0n) is 21.1. The molecule has 0 saturated heterocycles. The summed E-state index contributed by atoms with van der Waals surface area (Å²) in [4.78, 5) is 0. The van der Waals surface area contributed by atoms with Gasteiger partial charge in [-0.25, -0.2) is 0 Å². The molecule has 0 bridgehead atoms. The average molecular weight is 419 g/mol. The molecule has 178 valence electrons. The van der Waals surface area contributed by atoms with Gasteiger partial charge in [0, 0.05) is 0 Å². The van der Waals surface area contributed by atoms with Gasteiger partial charge in [0.1, 0.15) is 0 Å². The first-order valence-electron chi connectivity index (χ1n) is 14.0. The van der Waals surface area contributed by atoms with Gasteiger partial charge in [0.15, 0.2) is 0 Å². The summed E-state index contributed by atoms with van der Waals surface area (Å²) in [6, 6.07) is 0. The van der Waals surface area contributed by atoms with Crippen molar-refractivity contribution >= 4 is 0 Å². The van der Waals surface area contributed by atoms with Crippen LogP contribution in [0.25, 0.3) is 0 Å². The number of hydrogen-bond donors (Lipinski definition) is 0.